The Kier molecular flexibility index (Phi) is 3.01. The van der Waals surface area contributed by atoms with E-state index in [0.717, 1.165) is 6.26 Å². The molecule has 0 amide bonds. The third-order valence-corrected chi connectivity index (χ3v) is 4.62. The average molecular weight is 222 g/mol. The molecule has 0 saturated carbocycles. The van der Waals surface area contributed by atoms with Gasteiger partial charge in [-0.15, -0.1) is 0 Å². The van der Waals surface area contributed by atoms with Gasteiger partial charge in [0.25, 0.3) is 0 Å². The van der Waals surface area contributed by atoms with E-state index in [-0.39, 0.29) is 18.7 Å². The molecule has 1 heterocycles. The molecule has 0 aromatic heterocycles. The molecule has 0 spiro atoms. The Morgan fingerprint density at radius 1 is 1.50 bits per heavy atom. The predicted molar refractivity (Wildman–Crippen MR) is 51.0 cm³/mol. The number of oxime groups is 1. The number of sulfone groups is 1. The SMILES string of the molecule is CS(=O)(=O)C1(/C(N)=N/O)CCOCC1. The normalized spacial score (nSPS) is 23.4. The number of amidine groups is 1. The van der Waals surface area contributed by atoms with Crippen LogP contribution in [0.4, 0.5) is 0 Å². The van der Waals surface area contributed by atoms with Crippen molar-refractivity contribution in [2.75, 3.05) is 19.5 Å². The van der Waals surface area contributed by atoms with E-state index in [1.54, 1.807) is 0 Å². The molecule has 6 nitrogen and oxygen atoms in total. The van der Waals surface area contributed by atoms with Crippen LogP contribution < -0.4 is 5.73 Å². The van der Waals surface area contributed by atoms with E-state index in [4.69, 9.17) is 15.7 Å². The van der Waals surface area contributed by atoms with Gasteiger partial charge in [0.1, 0.15) is 4.75 Å². The van der Waals surface area contributed by atoms with Crippen molar-refractivity contribution in [3.63, 3.8) is 0 Å². The molecule has 7 heteroatoms. The Balaban J connectivity index is 3.14. The second kappa shape index (κ2) is 3.74. The largest absolute Gasteiger partial charge is 0.409 e. The van der Waals surface area contributed by atoms with E-state index in [1.165, 1.54) is 0 Å². The van der Waals surface area contributed by atoms with Crippen LogP contribution in [0.15, 0.2) is 5.16 Å². The van der Waals surface area contributed by atoms with Gasteiger partial charge in [0.2, 0.25) is 0 Å². The van der Waals surface area contributed by atoms with E-state index >= 15 is 0 Å². The summed E-state index contributed by atoms with van der Waals surface area (Å²) in [5, 5.41) is 11.4. The number of rotatable bonds is 2. The van der Waals surface area contributed by atoms with E-state index in [9.17, 15) is 8.42 Å². The minimum absolute atomic E-state index is 0.238. The van der Waals surface area contributed by atoms with E-state index in [2.05, 4.69) is 5.16 Å². The zero-order valence-corrected chi connectivity index (χ0v) is 8.75. The Labute approximate surface area is 82.6 Å². The van der Waals surface area contributed by atoms with Gasteiger partial charge in [-0.05, 0) is 12.8 Å². The molecule has 1 saturated heterocycles. The lowest BCUT2D eigenvalue weighted by molar-refractivity contribution is 0.0877. The summed E-state index contributed by atoms with van der Waals surface area (Å²) in [6.07, 6.45) is 1.57. The summed E-state index contributed by atoms with van der Waals surface area (Å²) in [4.78, 5) is 0. The van der Waals surface area contributed by atoms with Gasteiger partial charge in [-0.3, -0.25) is 0 Å². The quantitative estimate of drug-likeness (QED) is 0.279. The molecule has 0 unspecified atom stereocenters. The van der Waals surface area contributed by atoms with Gasteiger partial charge in [-0.2, -0.15) is 0 Å². The van der Waals surface area contributed by atoms with Crippen molar-refractivity contribution in [1.29, 1.82) is 0 Å². The van der Waals surface area contributed by atoms with Gasteiger partial charge in [0.15, 0.2) is 15.7 Å². The first-order chi connectivity index (χ1) is 6.44. The second-order valence-electron chi connectivity index (χ2n) is 3.36. The van der Waals surface area contributed by atoms with Crippen LogP contribution in [0.3, 0.4) is 0 Å². The summed E-state index contributed by atoms with van der Waals surface area (Å²) in [6, 6.07) is 0. The minimum Gasteiger partial charge on any atom is -0.409 e. The zero-order chi connectivity index (χ0) is 10.8. The maximum atomic E-state index is 11.6. The van der Waals surface area contributed by atoms with Crippen LogP contribution in [0, 0.1) is 0 Å². The first-order valence-corrected chi connectivity index (χ1v) is 6.08. The fourth-order valence-electron chi connectivity index (χ4n) is 1.61. The molecule has 1 aliphatic heterocycles. The van der Waals surface area contributed by atoms with Crippen LogP contribution in [-0.2, 0) is 14.6 Å². The first kappa shape index (κ1) is 11.3. The van der Waals surface area contributed by atoms with Crippen LogP contribution in [0.5, 0.6) is 0 Å². The number of ether oxygens (including phenoxy) is 1. The lowest BCUT2D eigenvalue weighted by Crippen LogP contribution is -2.53. The molecule has 82 valence electrons. The minimum atomic E-state index is -3.39. The summed E-state index contributed by atoms with van der Waals surface area (Å²) in [5.41, 5.74) is 5.43. The van der Waals surface area contributed by atoms with E-state index < -0.39 is 14.6 Å². The molecule has 1 rings (SSSR count). The Morgan fingerprint density at radius 2 is 2.00 bits per heavy atom. The smallest absolute Gasteiger partial charge is 0.160 e. The van der Waals surface area contributed by atoms with Gasteiger partial charge in [-0.1, -0.05) is 5.16 Å². The number of hydrogen-bond donors (Lipinski definition) is 2. The molecular formula is C7H14N2O4S. The fourth-order valence-corrected chi connectivity index (χ4v) is 2.94. The maximum Gasteiger partial charge on any atom is 0.160 e. The van der Waals surface area contributed by atoms with Crippen molar-refractivity contribution in [2.24, 2.45) is 10.9 Å². The highest BCUT2D eigenvalue weighted by molar-refractivity contribution is 7.92. The van der Waals surface area contributed by atoms with E-state index in [0.29, 0.717) is 13.2 Å². The molecule has 0 aliphatic carbocycles. The molecular weight excluding hydrogens is 208 g/mol. The van der Waals surface area contributed by atoms with Crippen LogP contribution in [0.1, 0.15) is 12.8 Å². The molecule has 1 aliphatic rings. The summed E-state index contributed by atoms with van der Waals surface area (Å²) >= 11 is 0. The predicted octanol–water partition coefficient (Wildman–Crippen LogP) is -0.673. The van der Waals surface area contributed by atoms with Gasteiger partial charge in [-0.25, -0.2) is 8.42 Å². The fraction of sp³-hybridized carbons (Fsp3) is 0.857. The Hall–Kier alpha value is -0.820. The van der Waals surface area contributed by atoms with Gasteiger partial charge < -0.3 is 15.7 Å². The first-order valence-electron chi connectivity index (χ1n) is 4.19. The summed E-state index contributed by atoms with van der Waals surface area (Å²) < 4.78 is 27.0. The number of nitrogens with two attached hydrogens (primary N) is 1. The van der Waals surface area contributed by atoms with Crippen molar-refractivity contribution in [3.8, 4) is 0 Å². The lowest BCUT2D eigenvalue weighted by Gasteiger charge is -2.33. The van der Waals surface area contributed by atoms with Crippen molar-refractivity contribution >= 4 is 15.7 Å². The third-order valence-electron chi connectivity index (χ3n) is 2.58. The van der Waals surface area contributed by atoms with Crippen molar-refractivity contribution < 1.29 is 18.4 Å². The van der Waals surface area contributed by atoms with Gasteiger partial charge >= 0.3 is 0 Å². The molecule has 0 aromatic carbocycles. The van der Waals surface area contributed by atoms with Crippen molar-refractivity contribution in [3.05, 3.63) is 0 Å². The van der Waals surface area contributed by atoms with Crippen LogP contribution >= 0.6 is 0 Å². The van der Waals surface area contributed by atoms with Crippen molar-refractivity contribution in [1.82, 2.24) is 0 Å². The molecule has 1 fully saturated rings. The molecule has 14 heavy (non-hydrogen) atoms. The number of nitrogens with zero attached hydrogens (tertiary/aromatic N) is 1. The third kappa shape index (κ3) is 1.69. The molecule has 3 N–H and O–H groups in total. The standard InChI is InChI=1S/C7H14N2O4S/c1-14(11,12)7(6(8)9-10)2-4-13-5-3-7/h10H,2-5H2,1H3,(H2,8,9). The maximum absolute atomic E-state index is 11.6. The van der Waals surface area contributed by atoms with Crippen LogP contribution in [0.25, 0.3) is 0 Å². The average Bonchev–Trinajstić information content (AvgIpc) is 2.16. The Bertz CT molecular complexity index is 330. The Morgan fingerprint density at radius 3 is 2.36 bits per heavy atom. The van der Waals surface area contributed by atoms with Crippen molar-refractivity contribution in [2.45, 2.75) is 17.6 Å². The molecule has 0 aromatic rings. The molecule has 0 radical (unpaired) electrons. The number of hydrogen-bond acceptors (Lipinski definition) is 5. The van der Waals surface area contributed by atoms with E-state index in [1.807, 2.05) is 0 Å². The zero-order valence-electron chi connectivity index (χ0n) is 7.93. The van der Waals surface area contributed by atoms with Gasteiger partial charge in [0.05, 0.1) is 0 Å². The highest BCUT2D eigenvalue weighted by atomic mass is 32.2. The highest BCUT2D eigenvalue weighted by Gasteiger charge is 2.46. The topological polar surface area (TPSA) is 102 Å². The lowest BCUT2D eigenvalue weighted by atomic mass is 9.98. The highest BCUT2D eigenvalue weighted by Crippen LogP contribution is 2.29. The second-order valence-corrected chi connectivity index (χ2v) is 5.69. The summed E-state index contributed by atoms with van der Waals surface area (Å²) in [7, 11) is -3.39. The molecule has 0 bridgehead atoms. The van der Waals surface area contributed by atoms with Gasteiger partial charge in [0, 0.05) is 19.5 Å². The monoisotopic (exact) mass is 222 g/mol. The summed E-state index contributed by atoms with van der Waals surface area (Å²) in [6.45, 7) is 0.618. The molecule has 0 atom stereocenters. The van der Waals surface area contributed by atoms with Crippen LogP contribution in [-0.4, -0.2) is 43.7 Å². The summed E-state index contributed by atoms with van der Waals surface area (Å²) in [5.74, 6) is -0.247. The van der Waals surface area contributed by atoms with Crippen LogP contribution in [0.2, 0.25) is 0 Å².